The third-order valence-electron chi connectivity index (χ3n) is 4.33. The van der Waals surface area contributed by atoms with Crippen molar-refractivity contribution in [2.24, 2.45) is 17.8 Å². The van der Waals surface area contributed by atoms with E-state index in [2.05, 4.69) is 46.9 Å². The number of hydrogen-bond acceptors (Lipinski definition) is 3. The summed E-state index contributed by atoms with van der Waals surface area (Å²) in [7, 11) is 0. The first kappa shape index (κ1) is 21.2. The molecule has 0 heterocycles. The monoisotopic (exact) mass is 321 g/mol. The van der Waals surface area contributed by atoms with Crippen LogP contribution in [0, 0.1) is 17.8 Å². The average Bonchev–Trinajstić information content (AvgIpc) is 2.32. The van der Waals surface area contributed by atoms with Gasteiger partial charge in [-0.05, 0) is 51.4 Å². The Hall–Kier alpha value is 0.170. The van der Waals surface area contributed by atoms with E-state index in [0.29, 0.717) is 31.1 Å². The molecule has 4 heteroatoms. The van der Waals surface area contributed by atoms with Crippen molar-refractivity contribution in [2.45, 2.75) is 78.6 Å². The van der Waals surface area contributed by atoms with Crippen LogP contribution in [0.4, 0.5) is 0 Å². The lowest BCUT2D eigenvalue weighted by Gasteiger charge is -2.37. The van der Waals surface area contributed by atoms with E-state index in [9.17, 15) is 5.11 Å². The zero-order valence-corrected chi connectivity index (χ0v) is 15.5. The number of β-amino-alcohol motifs (C(OH)–C–C–N with tert-alkyl or cyclic N) is 1. The van der Waals surface area contributed by atoms with Gasteiger partial charge >= 0.3 is 0 Å². The van der Waals surface area contributed by atoms with E-state index in [1.54, 1.807) is 0 Å². The van der Waals surface area contributed by atoms with Crippen molar-refractivity contribution in [3.63, 3.8) is 0 Å². The second-order valence-electron chi connectivity index (χ2n) is 7.98. The van der Waals surface area contributed by atoms with Crippen molar-refractivity contribution in [3.8, 4) is 0 Å². The lowest BCUT2D eigenvalue weighted by molar-refractivity contribution is -0.0689. The number of nitrogens with one attached hydrogen (secondary N) is 1. The first-order valence-electron chi connectivity index (χ1n) is 8.23. The molecule has 0 amide bonds. The van der Waals surface area contributed by atoms with Crippen LogP contribution in [0.15, 0.2) is 0 Å². The van der Waals surface area contributed by atoms with Crippen LogP contribution in [0.5, 0.6) is 0 Å². The Morgan fingerprint density at radius 1 is 1.24 bits per heavy atom. The van der Waals surface area contributed by atoms with Crippen LogP contribution in [-0.2, 0) is 4.74 Å². The van der Waals surface area contributed by atoms with E-state index >= 15 is 0 Å². The molecular formula is C17H36ClNO2. The molecular weight excluding hydrogens is 286 g/mol. The van der Waals surface area contributed by atoms with Gasteiger partial charge in [-0.2, -0.15) is 0 Å². The van der Waals surface area contributed by atoms with Crippen LogP contribution < -0.4 is 5.32 Å². The lowest BCUT2D eigenvalue weighted by Crippen LogP contribution is -2.43. The number of halogens is 1. The van der Waals surface area contributed by atoms with Crippen molar-refractivity contribution < 1.29 is 9.84 Å². The fourth-order valence-corrected chi connectivity index (χ4v) is 3.02. The maximum absolute atomic E-state index is 10.0. The van der Waals surface area contributed by atoms with E-state index in [1.807, 2.05) is 0 Å². The van der Waals surface area contributed by atoms with E-state index in [0.717, 1.165) is 12.3 Å². The van der Waals surface area contributed by atoms with Gasteiger partial charge in [0.1, 0.15) is 0 Å². The SMILES string of the molecule is CC1CCC(C(C)C)C(OCC(O)CNC(C)(C)C)C1.Cl. The van der Waals surface area contributed by atoms with Crippen LogP contribution in [0.2, 0.25) is 0 Å². The van der Waals surface area contributed by atoms with E-state index < -0.39 is 6.10 Å². The molecule has 4 atom stereocenters. The van der Waals surface area contributed by atoms with Crippen LogP contribution >= 0.6 is 12.4 Å². The third-order valence-corrected chi connectivity index (χ3v) is 4.33. The Kier molecular flexibility index (Phi) is 9.42. The fourth-order valence-electron chi connectivity index (χ4n) is 3.02. The highest BCUT2D eigenvalue weighted by Gasteiger charge is 2.31. The number of hydrogen-bond donors (Lipinski definition) is 2. The lowest BCUT2D eigenvalue weighted by atomic mass is 9.75. The quantitative estimate of drug-likeness (QED) is 0.785. The van der Waals surface area contributed by atoms with Crippen LogP contribution in [0.1, 0.15) is 60.8 Å². The van der Waals surface area contributed by atoms with Gasteiger partial charge in [-0.3, -0.25) is 0 Å². The van der Waals surface area contributed by atoms with Gasteiger partial charge in [-0.25, -0.2) is 0 Å². The van der Waals surface area contributed by atoms with E-state index in [-0.39, 0.29) is 17.9 Å². The summed E-state index contributed by atoms with van der Waals surface area (Å²) in [6, 6.07) is 0. The Morgan fingerprint density at radius 2 is 1.86 bits per heavy atom. The molecule has 0 saturated heterocycles. The molecule has 2 N–H and O–H groups in total. The van der Waals surface area contributed by atoms with E-state index in [4.69, 9.17) is 4.74 Å². The summed E-state index contributed by atoms with van der Waals surface area (Å²) in [5.74, 6) is 2.06. The molecule has 1 rings (SSSR count). The number of aliphatic hydroxyl groups is 1. The topological polar surface area (TPSA) is 41.5 Å². The second-order valence-corrected chi connectivity index (χ2v) is 7.98. The average molecular weight is 322 g/mol. The molecule has 1 aliphatic rings. The molecule has 128 valence electrons. The highest BCUT2D eigenvalue weighted by atomic mass is 35.5. The first-order valence-corrected chi connectivity index (χ1v) is 8.23. The van der Waals surface area contributed by atoms with Crippen molar-refractivity contribution in [2.75, 3.05) is 13.2 Å². The minimum atomic E-state index is -0.417. The van der Waals surface area contributed by atoms with Crippen molar-refractivity contribution in [3.05, 3.63) is 0 Å². The summed E-state index contributed by atoms with van der Waals surface area (Å²) < 4.78 is 6.06. The molecule has 0 radical (unpaired) electrons. The molecule has 0 aliphatic heterocycles. The predicted molar refractivity (Wildman–Crippen MR) is 92.1 cm³/mol. The summed E-state index contributed by atoms with van der Waals surface area (Å²) in [6.45, 7) is 14.3. The zero-order valence-electron chi connectivity index (χ0n) is 14.7. The molecule has 0 aromatic carbocycles. The maximum atomic E-state index is 10.0. The second kappa shape index (κ2) is 9.34. The summed E-state index contributed by atoms with van der Waals surface area (Å²) in [6.07, 6.45) is 3.63. The van der Waals surface area contributed by atoms with Gasteiger partial charge in [0.05, 0.1) is 18.8 Å². The molecule has 0 spiro atoms. The minimum absolute atomic E-state index is 0. The van der Waals surface area contributed by atoms with Gasteiger partial charge in [0, 0.05) is 12.1 Å². The Balaban J connectivity index is 0.00000400. The molecule has 21 heavy (non-hydrogen) atoms. The molecule has 0 aromatic rings. The summed E-state index contributed by atoms with van der Waals surface area (Å²) in [5, 5.41) is 13.4. The normalized spacial score (nSPS) is 28.3. The molecule has 4 unspecified atom stereocenters. The van der Waals surface area contributed by atoms with Crippen molar-refractivity contribution in [1.29, 1.82) is 0 Å². The standard InChI is InChI=1S/C17H35NO2.ClH/c1-12(2)15-8-7-13(3)9-16(15)20-11-14(19)10-18-17(4,5)6;/h12-16,18-19H,7-11H2,1-6H3;1H. The van der Waals surface area contributed by atoms with Gasteiger partial charge in [-0.15, -0.1) is 12.4 Å². The maximum Gasteiger partial charge on any atom is 0.0898 e. The first-order chi connectivity index (χ1) is 9.19. The van der Waals surface area contributed by atoms with Gasteiger partial charge in [-0.1, -0.05) is 27.2 Å². The van der Waals surface area contributed by atoms with Crippen LogP contribution in [0.3, 0.4) is 0 Å². The highest BCUT2D eigenvalue weighted by Crippen LogP contribution is 2.35. The van der Waals surface area contributed by atoms with Crippen molar-refractivity contribution >= 4 is 12.4 Å². The molecule has 0 bridgehead atoms. The smallest absolute Gasteiger partial charge is 0.0898 e. The molecule has 3 nitrogen and oxygen atoms in total. The molecule has 1 saturated carbocycles. The zero-order chi connectivity index (χ0) is 15.3. The summed E-state index contributed by atoms with van der Waals surface area (Å²) >= 11 is 0. The highest BCUT2D eigenvalue weighted by molar-refractivity contribution is 5.85. The van der Waals surface area contributed by atoms with Gasteiger partial charge < -0.3 is 15.2 Å². The number of aliphatic hydroxyl groups excluding tert-OH is 1. The largest absolute Gasteiger partial charge is 0.389 e. The fraction of sp³-hybridized carbons (Fsp3) is 1.00. The van der Waals surface area contributed by atoms with Crippen LogP contribution in [-0.4, -0.2) is 36.0 Å². The minimum Gasteiger partial charge on any atom is -0.389 e. The van der Waals surface area contributed by atoms with Crippen LogP contribution in [0.25, 0.3) is 0 Å². The van der Waals surface area contributed by atoms with Gasteiger partial charge in [0.2, 0.25) is 0 Å². The Bertz CT molecular complexity index is 278. The number of ether oxygens (including phenoxy) is 1. The summed E-state index contributed by atoms with van der Waals surface area (Å²) in [5.41, 5.74) is 0.0425. The number of rotatable bonds is 6. The van der Waals surface area contributed by atoms with Gasteiger partial charge in [0.15, 0.2) is 0 Å². The Labute approximate surface area is 137 Å². The van der Waals surface area contributed by atoms with E-state index in [1.165, 1.54) is 12.8 Å². The Morgan fingerprint density at radius 3 is 2.38 bits per heavy atom. The molecule has 1 aliphatic carbocycles. The van der Waals surface area contributed by atoms with Gasteiger partial charge in [0.25, 0.3) is 0 Å². The summed E-state index contributed by atoms with van der Waals surface area (Å²) in [4.78, 5) is 0. The molecule has 0 aromatic heterocycles. The predicted octanol–water partition coefficient (Wildman–Crippen LogP) is 3.63. The third kappa shape index (κ3) is 8.39. The molecule has 1 fully saturated rings. The van der Waals surface area contributed by atoms with Crippen molar-refractivity contribution in [1.82, 2.24) is 5.32 Å².